The number of carbonyl (C=O) groups is 1. The Labute approximate surface area is 102 Å². The van der Waals surface area contributed by atoms with Crippen LogP contribution in [0.15, 0.2) is 0 Å². The summed E-state index contributed by atoms with van der Waals surface area (Å²) in [7, 11) is 0. The highest BCUT2D eigenvalue weighted by Crippen LogP contribution is 2.21. The van der Waals surface area contributed by atoms with Crippen LogP contribution >= 0.6 is 0 Å². The normalized spacial score (nSPS) is 31.5. The topological polar surface area (TPSA) is 59.0 Å². The zero-order valence-corrected chi connectivity index (χ0v) is 10.3. The predicted molar refractivity (Wildman–Crippen MR) is 61.5 cm³/mol. The number of amides is 1. The Kier molecular flexibility index (Phi) is 4.36. The summed E-state index contributed by atoms with van der Waals surface area (Å²) in [6.45, 7) is 4.35. The molecule has 2 saturated heterocycles. The van der Waals surface area contributed by atoms with Gasteiger partial charge in [0.25, 0.3) is 0 Å². The number of morpholine rings is 1. The molecule has 0 bridgehead atoms. The van der Waals surface area contributed by atoms with Crippen LogP contribution < -0.4 is 0 Å². The molecule has 1 amide bonds. The molecule has 0 aromatic carbocycles. The van der Waals surface area contributed by atoms with Crippen molar-refractivity contribution in [2.45, 2.75) is 31.9 Å². The fourth-order valence-corrected chi connectivity index (χ4v) is 2.41. The van der Waals surface area contributed by atoms with Gasteiger partial charge in [-0.2, -0.15) is 0 Å². The highest BCUT2D eigenvalue weighted by Gasteiger charge is 2.33. The zero-order valence-electron chi connectivity index (χ0n) is 10.3. The van der Waals surface area contributed by atoms with Crippen LogP contribution in [0, 0.1) is 5.92 Å². The quantitative estimate of drug-likeness (QED) is 0.743. The Morgan fingerprint density at radius 3 is 2.76 bits per heavy atom. The minimum Gasteiger partial charge on any atom is -0.394 e. The van der Waals surface area contributed by atoms with Gasteiger partial charge in [0.05, 0.1) is 25.4 Å². The molecule has 98 valence electrons. The van der Waals surface area contributed by atoms with Gasteiger partial charge in [0.2, 0.25) is 5.91 Å². The van der Waals surface area contributed by atoms with Gasteiger partial charge < -0.3 is 19.5 Å². The number of ether oxygens (including phenoxy) is 2. The number of carbonyl (C=O) groups excluding carboxylic acids is 1. The summed E-state index contributed by atoms with van der Waals surface area (Å²) in [5, 5.41) is 9.10. The van der Waals surface area contributed by atoms with Crippen LogP contribution in [0.25, 0.3) is 0 Å². The van der Waals surface area contributed by atoms with Gasteiger partial charge in [0, 0.05) is 25.7 Å². The van der Waals surface area contributed by atoms with Crippen molar-refractivity contribution in [2.75, 3.05) is 33.0 Å². The zero-order chi connectivity index (χ0) is 12.3. The highest BCUT2D eigenvalue weighted by molar-refractivity contribution is 5.79. The first-order valence-corrected chi connectivity index (χ1v) is 6.33. The summed E-state index contributed by atoms with van der Waals surface area (Å²) in [5.41, 5.74) is 0. The first-order valence-electron chi connectivity index (χ1n) is 6.33. The minimum atomic E-state index is -0.227. The van der Waals surface area contributed by atoms with Gasteiger partial charge in [-0.05, 0) is 19.8 Å². The average molecular weight is 243 g/mol. The number of rotatable bonds is 2. The number of hydrogen-bond donors (Lipinski definition) is 1. The average Bonchev–Trinajstić information content (AvgIpc) is 2.39. The van der Waals surface area contributed by atoms with Crippen LogP contribution in [0.3, 0.4) is 0 Å². The molecular formula is C12H21NO4. The van der Waals surface area contributed by atoms with E-state index in [2.05, 4.69) is 0 Å². The number of hydrogen-bond acceptors (Lipinski definition) is 4. The second-order valence-corrected chi connectivity index (χ2v) is 4.86. The first kappa shape index (κ1) is 12.8. The molecule has 2 rings (SSSR count). The Morgan fingerprint density at radius 1 is 1.41 bits per heavy atom. The summed E-state index contributed by atoms with van der Waals surface area (Å²) in [6.07, 6.45) is 1.40. The lowest BCUT2D eigenvalue weighted by molar-refractivity contribution is -0.153. The number of aliphatic hydroxyl groups is 1. The summed E-state index contributed by atoms with van der Waals surface area (Å²) >= 11 is 0. The highest BCUT2D eigenvalue weighted by atomic mass is 16.5. The maximum absolute atomic E-state index is 12.4. The van der Waals surface area contributed by atoms with Crippen molar-refractivity contribution in [3.05, 3.63) is 0 Å². The van der Waals surface area contributed by atoms with Gasteiger partial charge in [-0.25, -0.2) is 0 Å². The number of nitrogens with zero attached hydrogens (tertiary/aromatic N) is 1. The molecule has 2 unspecified atom stereocenters. The molecule has 0 spiro atoms. The van der Waals surface area contributed by atoms with Gasteiger partial charge in [-0.15, -0.1) is 0 Å². The monoisotopic (exact) mass is 243 g/mol. The van der Waals surface area contributed by atoms with E-state index >= 15 is 0 Å². The van der Waals surface area contributed by atoms with Crippen LogP contribution in [0.5, 0.6) is 0 Å². The van der Waals surface area contributed by atoms with Crippen molar-refractivity contribution >= 4 is 5.91 Å². The Morgan fingerprint density at radius 2 is 2.12 bits per heavy atom. The molecule has 2 aliphatic rings. The standard InChI is InChI=1S/C12H21NO4/c1-9-8-17-11(7-14)6-13(9)12(15)10-2-4-16-5-3-10/h9-11,14H,2-8H2,1H3. The van der Waals surface area contributed by atoms with Gasteiger partial charge in [-0.3, -0.25) is 4.79 Å². The lowest BCUT2D eigenvalue weighted by Crippen LogP contribution is -2.54. The van der Waals surface area contributed by atoms with Crippen molar-refractivity contribution in [3.63, 3.8) is 0 Å². The van der Waals surface area contributed by atoms with E-state index < -0.39 is 0 Å². The molecule has 2 atom stereocenters. The first-order chi connectivity index (χ1) is 8.22. The lowest BCUT2D eigenvalue weighted by Gasteiger charge is -2.39. The Hall–Kier alpha value is -0.650. The van der Waals surface area contributed by atoms with E-state index in [9.17, 15) is 4.79 Å². The Balaban J connectivity index is 1.95. The van der Waals surface area contributed by atoms with E-state index in [1.807, 2.05) is 11.8 Å². The van der Waals surface area contributed by atoms with Crippen molar-refractivity contribution < 1.29 is 19.4 Å². The van der Waals surface area contributed by atoms with Crippen molar-refractivity contribution in [1.29, 1.82) is 0 Å². The van der Waals surface area contributed by atoms with Gasteiger partial charge in [-0.1, -0.05) is 0 Å². The minimum absolute atomic E-state index is 0.0235. The maximum atomic E-state index is 12.4. The molecule has 17 heavy (non-hydrogen) atoms. The van der Waals surface area contributed by atoms with E-state index in [0.29, 0.717) is 26.4 Å². The van der Waals surface area contributed by atoms with Crippen molar-refractivity contribution in [2.24, 2.45) is 5.92 Å². The lowest BCUT2D eigenvalue weighted by atomic mass is 9.97. The molecule has 5 heteroatoms. The third kappa shape index (κ3) is 2.97. The summed E-state index contributed by atoms with van der Waals surface area (Å²) < 4.78 is 10.7. The van der Waals surface area contributed by atoms with E-state index in [1.54, 1.807) is 0 Å². The molecule has 5 nitrogen and oxygen atoms in total. The predicted octanol–water partition coefficient (Wildman–Crippen LogP) is 0.0212. The summed E-state index contributed by atoms with van der Waals surface area (Å²) in [6, 6.07) is 0.105. The molecule has 0 aromatic rings. The van der Waals surface area contributed by atoms with Crippen LogP contribution in [0.2, 0.25) is 0 Å². The van der Waals surface area contributed by atoms with Crippen LogP contribution in [-0.2, 0) is 14.3 Å². The third-order valence-corrected chi connectivity index (χ3v) is 3.56. The SMILES string of the molecule is CC1COC(CO)CN1C(=O)C1CCOCC1. The molecule has 0 saturated carbocycles. The van der Waals surface area contributed by atoms with E-state index in [0.717, 1.165) is 12.8 Å². The van der Waals surface area contributed by atoms with Crippen LogP contribution in [-0.4, -0.2) is 61.0 Å². The van der Waals surface area contributed by atoms with Crippen molar-refractivity contribution in [1.82, 2.24) is 4.90 Å². The van der Waals surface area contributed by atoms with E-state index in [-0.39, 0.29) is 30.6 Å². The Bertz CT molecular complexity index is 265. The van der Waals surface area contributed by atoms with Crippen molar-refractivity contribution in [3.8, 4) is 0 Å². The second-order valence-electron chi connectivity index (χ2n) is 4.86. The molecular weight excluding hydrogens is 222 g/mol. The third-order valence-electron chi connectivity index (χ3n) is 3.56. The summed E-state index contributed by atoms with van der Waals surface area (Å²) in [4.78, 5) is 14.2. The van der Waals surface area contributed by atoms with Crippen LogP contribution in [0.4, 0.5) is 0 Å². The molecule has 1 N–H and O–H groups in total. The molecule has 0 radical (unpaired) electrons. The van der Waals surface area contributed by atoms with Gasteiger partial charge in [0.1, 0.15) is 0 Å². The number of aliphatic hydroxyl groups excluding tert-OH is 1. The smallest absolute Gasteiger partial charge is 0.226 e. The fourth-order valence-electron chi connectivity index (χ4n) is 2.41. The molecule has 2 heterocycles. The van der Waals surface area contributed by atoms with Gasteiger partial charge >= 0.3 is 0 Å². The molecule has 2 aliphatic heterocycles. The molecule has 0 aromatic heterocycles. The molecule has 2 fully saturated rings. The summed E-state index contributed by atoms with van der Waals surface area (Å²) in [5.74, 6) is 0.284. The fraction of sp³-hybridized carbons (Fsp3) is 0.917. The largest absolute Gasteiger partial charge is 0.394 e. The van der Waals surface area contributed by atoms with Crippen LogP contribution in [0.1, 0.15) is 19.8 Å². The van der Waals surface area contributed by atoms with Gasteiger partial charge in [0.15, 0.2) is 0 Å². The second kappa shape index (κ2) is 5.80. The van der Waals surface area contributed by atoms with E-state index in [1.165, 1.54) is 0 Å². The maximum Gasteiger partial charge on any atom is 0.226 e. The van der Waals surface area contributed by atoms with E-state index in [4.69, 9.17) is 14.6 Å². The molecule has 0 aliphatic carbocycles.